The average molecular weight is 361 g/mol. The number of carbonyl (C=O) groups excluding carboxylic acids is 2. The van der Waals surface area contributed by atoms with Crippen molar-refractivity contribution in [3.8, 4) is 5.75 Å². The second-order valence-electron chi connectivity index (χ2n) is 5.26. The number of ether oxygens (including phenoxy) is 3. The lowest BCUT2D eigenvalue weighted by atomic mass is 10.1. The van der Waals surface area contributed by atoms with Crippen LogP contribution in [0.1, 0.15) is 19.4 Å². The van der Waals surface area contributed by atoms with Gasteiger partial charge in [0.15, 0.2) is 0 Å². The number of nitrogens with zero attached hydrogens (tertiary/aromatic N) is 1. The van der Waals surface area contributed by atoms with Crippen LogP contribution in [-0.2, 0) is 19.1 Å². The maximum atomic E-state index is 12.3. The lowest BCUT2D eigenvalue weighted by Crippen LogP contribution is -2.41. The van der Waals surface area contributed by atoms with E-state index in [0.717, 1.165) is 12.1 Å². The van der Waals surface area contributed by atoms with Crippen LogP contribution in [0.15, 0.2) is 23.8 Å². The summed E-state index contributed by atoms with van der Waals surface area (Å²) in [4.78, 5) is 33.8. The molecule has 0 aromatic heterocycles. The zero-order chi connectivity index (χ0) is 19.0. The van der Waals surface area contributed by atoms with Crippen LogP contribution in [0.4, 0.5) is 18.9 Å². The number of hydrogen-bond donors (Lipinski definition) is 0. The third kappa shape index (κ3) is 4.46. The number of nitro groups is 1. The summed E-state index contributed by atoms with van der Waals surface area (Å²) in [5.41, 5.74) is -1.81. The highest BCUT2D eigenvalue weighted by Crippen LogP contribution is 2.31. The Morgan fingerprint density at radius 2 is 1.76 bits per heavy atom. The summed E-state index contributed by atoms with van der Waals surface area (Å²) >= 11 is 0. The fraction of sp³-hybridized carbons (Fsp3) is 0.286. The van der Waals surface area contributed by atoms with Crippen LogP contribution in [0.2, 0.25) is 0 Å². The number of benzene rings is 1. The summed E-state index contributed by atoms with van der Waals surface area (Å²) in [6, 6.07) is 2.14. The zero-order valence-corrected chi connectivity index (χ0v) is 12.7. The van der Waals surface area contributed by atoms with Gasteiger partial charge in [0, 0.05) is 19.9 Å². The van der Waals surface area contributed by atoms with Gasteiger partial charge in [0.1, 0.15) is 11.3 Å². The Labute approximate surface area is 137 Å². The summed E-state index contributed by atoms with van der Waals surface area (Å²) in [6.45, 7) is 2.58. The highest BCUT2D eigenvalue weighted by atomic mass is 19.4. The number of carbonyl (C=O) groups is 2. The van der Waals surface area contributed by atoms with E-state index in [9.17, 15) is 32.9 Å². The number of hydrogen-bond acceptors (Lipinski definition) is 7. The fourth-order valence-corrected chi connectivity index (χ4v) is 1.95. The molecule has 0 unspecified atom stereocenters. The number of nitro benzene ring substituents is 1. The first kappa shape index (κ1) is 18.2. The Hall–Kier alpha value is -3.11. The summed E-state index contributed by atoms with van der Waals surface area (Å²) in [6.07, 6.45) is -4.31. The van der Waals surface area contributed by atoms with Gasteiger partial charge >= 0.3 is 18.3 Å². The van der Waals surface area contributed by atoms with Crippen molar-refractivity contribution in [1.29, 1.82) is 0 Å². The molecule has 1 heterocycles. The molecule has 0 saturated carbocycles. The van der Waals surface area contributed by atoms with E-state index in [1.165, 1.54) is 13.8 Å². The molecule has 1 fully saturated rings. The Kier molecular flexibility index (Phi) is 4.43. The van der Waals surface area contributed by atoms with Crippen LogP contribution in [-0.4, -0.2) is 29.0 Å². The molecule has 0 aliphatic carbocycles. The second-order valence-corrected chi connectivity index (χ2v) is 5.26. The largest absolute Gasteiger partial charge is 0.573 e. The van der Waals surface area contributed by atoms with Gasteiger partial charge in [0.2, 0.25) is 0 Å². The smallest absolute Gasteiger partial charge is 0.419 e. The van der Waals surface area contributed by atoms with Crippen molar-refractivity contribution in [2.75, 3.05) is 0 Å². The molecule has 0 atom stereocenters. The molecule has 1 saturated heterocycles. The highest BCUT2D eigenvalue weighted by Gasteiger charge is 2.39. The second kappa shape index (κ2) is 6.07. The topological polar surface area (TPSA) is 105 Å². The van der Waals surface area contributed by atoms with Crippen molar-refractivity contribution in [1.82, 2.24) is 0 Å². The summed E-state index contributed by atoms with van der Waals surface area (Å²) < 4.78 is 50.1. The van der Waals surface area contributed by atoms with Crippen molar-refractivity contribution < 1.29 is 41.9 Å². The van der Waals surface area contributed by atoms with E-state index in [-0.39, 0.29) is 0 Å². The van der Waals surface area contributed by atoms with Gasteiger partial charge in [-0.25, -0.2) is 9.59 Å². The molecule has 2 rings (SSSR count). The zero-order valence-electron chi connectivity index (χ0n) is 12.7. The molecule has 0 radical (unpaired) electrons. The number of halogens is 3. The van der Waals surface area contributed by atoms with E-state index >= 15 is 0 Å². The Bertz CT molecular complexity index is 761. The number of cyclic esters (lactones) is 2. The molecule has 25 heavy (non-hydrogen) atoms. The summed E-state index contributed by atoms with van der Waals surface area (Å²) in [5, 5.41) is 11.0. The Balaban J connectivity index is 2.49. The van der Waals surface area contributed by atoms with Gasteiger partial charge in [-0.2, -0.15) is 0 Å². The third-order valence-electron chi connectivity index (χ3n) is 2.85. The van der Waals surface area contributed by atoms with Crippen molar-refractivity contribution in [3.05, 3.63) is 39.4 Å². The molecule has 0 bridgehead atoms. The normalized spacial score (nSPS) is 16.8. The van der Waals surface area contributed by atoms with Crippen LogP contribution in [0.25, 0.3) is 6.08 Å². The number of esters is 2. The number of alkyl halides is 3. The van der Waals surface area contributed by atoms with Gasteiger partial charge in [-0.15, -0.1) is 13.2 Å². The standard InChI is InChI=1S/C14H10F3NO7/c1-13(2)24-11(19)9(12(20)25-13)6-7-5-8(23-14(15,16)17)3-4-10(7)18(21)22/h3-6H,1-2H3. The van der Waals surface area contributed by atoms with Crippen molar-refractivity contribution >= 4 is 23.7 Å². The fourth-order valence-electron chi connectivity index (χ4n) is 1.95. The molecule has 0 spiro atoms. The van der Waals surface area contributed by atoms with Crippen LogP contribution in [0, 0.1) is 10.1 Å². The van der Waals surface area contributed by atoms with E-state index in [4.69, 9.17) is 9.47 Å². The van der Waals surface area contributed by atoms with Gasteiger partial charge in [-0.05, 0) is 18.2 Å². The third-order valence-corrected chi connectivity index (χ3v) is 2.85. The highest BCUT2D eigenvalue weighted by molar-refractivity contribution is 6.19. The summed E-state index contributed by atoms with van der Waals surface area (Å²) in [7, 11) is 0. The van der Waals surface area contributed by atoms with E-state index < -0.39 is 51.6 Å². The Morgan fingerprint density at radius 3 is 2.24 bits per heavy atom. The molecular weight excluding hydrogens is 351 g/mol. The number of rotatable bonds is 3. The molecule has 11 heteroatoms. The lowest BCUT2D eigenvalue weighted by molar-refractivity contribution is -0.385. The molecule has 0 N–H and O–H groups in total. The average Bonchev–Trinajstić information content (AvgIpc) is 2.39. The minimum absolute atomic E-state index is 0.463. The van der Waals surface area contributed by atoms with E-state index in [0.29, 0.717) is 12.1 Å². The van der Waals surface area contributed by atoms with Crippen molar-refractivity contribution in [2.45, 2.75) is 26.0 Å². The first-order chi connectivity index (χ1) is 11.4. The molecular formula is C14H10F3NO7. The molecule has 1 aliphatic heterocycles. The minimum Gasteiger partial charge on any atom is -0.419 e. The van der Waals surface area contributed by atoms with E-state index in [2.05, 4.69) is 4.74 Å². The maximum Gasteiger partial charge on any atom is 0.573 e. The van der Waals surface area contributed by atoms with Gasteiger partial charge in [-0.3, -0.25) is 10.1 Å². The molecule has 1 aromatic rings. The van der Waals surface area contributed by atoms with Crippen molar-refractivity contribution in [2.24, 2.45) is 0 Å². The molecule has 8 nitrogen and oxygen atoms in total. The van der Waals surface area contributed by atoms with Crippen LogP contribution < -0.4 is 4.74 Å². The van der Waals surface area contributed by atoms with Crippen LogP contribution in [0.5, 0.6) is 5.75 Å². The van der Waals surface area contributed by atoms with Crippen molar-refractivity contribution in [3.63, 3.8) is 0 Å². The Morgan fingerprint density at radius 1 is 1.20 bits per heavy atom. The maximum absolute atomic E-state index is 12.3. The van der Waals surface area contributed by atoms with Gasteiger partial charge in [0.25, 0.3) is 11.5 Å². The van der Waals surface area contributed by atoms with Crippen LogP contribution in [0.3, 0.4) is 0 Å². The molecule has 1 aromatic carbocycles. The molecule has 0 amide bonds. The quantitative estimate of drug-likeness (QED) is 0.268. The predicted octanol–water partition coefficient (Wildman–Crippen LogP) is 2.71. The van der Waals surface area contributed by atoms with Crippen LogP contribution >= 0.6 is 0 Å². The molecule has 1 aliphatic rings. The first-order valence-electron chi connectivity index (χ1n) is 6.60. The van der Waals surface area contributed by atoms with E-state index in [1.54, 1.807) is 0 Å². The SMILES string of the molecule is CC1(C)OC(=O)C(=Cc2cc(OC(F)(F)F)ccc2[N+](=O)[O-])C(=O)O1. The minimum atomic E-state index is -5.02. The van der Waals surface area contributed by atoms with Gasteiger partial charge in [-0.1, -0.05) is 0 Å². The first-order valence-corrected chi connectivity index (χ1v) is 6.60. The monoisotopic (exact) mass is 361 g/mol. The van der Waals surface area contributed by atoms with Gasteiger partial charge in [0.05, 0.1) is 10.5 Å². The predicted molar refractivity (Wildman–Crippen MR) is 74.0 cm³/mol. The molecule has 134 valence electrons. The summed E-state index contributed by atoms with van der Waals surface area (Å²) in [5.74, 6) is -4.54. The van der Waals surface area contributed by atoms with Gasteiger partial charge < -0.3 is 14.2 Å². The lowest BCUT2D eigenvalue weighted by Gasteiger charge is -2.29. The van der Waals surface area contributed by atoms with E-state index in [1.807, 2.05) is 0 Å².